The number of aromatic nitrogens is 3. The van der Waals surface area contributed by atoms with Crippen LogP contribution in [0.25, 0.3) is 0 Å². The Balaban J connectivity index is 2.47. The van der Waals surface area contributed by atoms with E-state index in [1.165, 1.54) is 0 Å². The Morgan fingerprint density at radius 3 is 2.15 bits per heavy atom. The topological polar surface area (TPSA) is 66.0 Å². The summed E-state index contributed by atoms with van der Waals surface area (Å²) in [6.07, 6.45) is 4.44. The fraction of sp³-hybridized carbons (Fsp3) is 0.857. The van der Waals surface area contributed by atoms with Crippen molar-refractivity contribution in [2.45, 2.75) is 104 Å². The molecule has 0 unspecified atom stereocenters. The number of unbranched alkanes of at least 4 members (excludes halogenated alkanes) is 1. The summed E-state index contributed by atoms with van der Waals surface area (Å²) in [7, 11) is 1.87. The lowest BCUT2D eigenvalue weighted by Crippen LogP contribution is -2.62. The third-order valence-corrected chi connectivity index (χ3v) is 5.14. The summed E-state index contributed by atoms with van der Waals surface area (Å²) in [5.41, 5.74) is 0.0532. The summed E-state index contributed by atoms with van der Waals surface area (Å²) in [4.78, 5) is 16.7. The Labute approximate surface area is 166 Å². The molecule has 0 aromatic carbocycles. The largest absolute Gasteiger partial charge is 0.357 e. The average Bonchev–Trinajstić information content (AvgIpc) is 2.51. The molecule has 1 fully saturated rings. The Hall–Kier alpha value is -1.43. The number of hydrogen-bond donors (Lipinski definition) is 2. The lowest BCUT2D eigenvalue weighted by atomic mass is 9.79. The summed E-state index contributed by atoms with van der Waals surface area (Å²) < 4.78 is 0. The maximum absolute atomic E-state index is 4.92. The van der Waals surface area contributed by atoms with Gasteiger partial charge in [0.05, 0.1) is 0 Å². The molecular weight excluding hydrogens is 336 g/mol. The first kappa shape index (κ1) is 21.9. The molecule has 0 radical (unpaired) electrons. The van der Waals surface area contributed by atoms with E-state index in [0.29, 0.717) is 12.0 Å². The van der Waals surface area contributed by atoms with Gasteiger partial charge in [-0.25, -0.2) is 0 Å². The van der Waals surface area contributed by atoms with Crippen LogP contribution in [0.2, 0.25) is 0 Å². The zero-order valence-electron chi connectivity index (χ0n) is 18.9. The molecule has 1 aliphatic heterocycles. The number of piperidine rings is 1. The standard InChI is InChI=1S/C21H40N6/c1-10-11-12-27(15-13-20(5,6)26-21(7,8)14-15)18-24-16(19(2,3)4)23-17(22-9)25-18/h15,26H,10-14H2,1-9H3,(H,22,23,24,25). The van der Waals surface area contributed by atoms with Crippen molar-refractivity contribution in [1.82, 2.24) is 20.3 Å². The van der Waals surface area contributed by atoms with E-state index in [2.05, 4.69) is 75.9 Å². The van der Waals surface area contributed by atoms with Gasteiger partial charge < -0.3 is 15.5 Å². The minimum absolute atomic E-state index is 0.0859. The van der Waals surface area contributed by atoms with Gasteiger partial charge in [-0.2, -0.15) is 15.0 Å². The van der Waals surface area contributed by atoms with Crippen LogP contribution in [0.4, 0.5) is 11.9 Å². The second kappa shape index (κ2) is 7.90. The summed E-state index contributed by atoms with van der Waals surface area (Å²) in [6.45, 7) is 18.9. The van der Waals surface area contributed by atoms with Crippen molar-refractivity contribution >= 4 is 11.9 Å². The van der Waals surface area contributed by atoms with Gasteiger partial charge in [0.15, 0.2) is 0 Å². The summed E-state index contributed by atoms with van der Waals surface area (Å²) >= 11 is 0. The zero-order valence-corrected chi connectivity index (χ0v) is 18.9. The summed E-state index contributed by atoms with van der Waals surface area (Å²) in [5, 5.41) is 6.92. The van der Waals surface area contributed by atoms with Gasteiger partial charge in [0, 0.05) is 36.1 Å². The molecular formula is C21H40N6. The Morgan fingerprint density at radius 2 is 1.67 bits per heavy atom. The van der Waals surface area contributed by atoms with Gasteiger partial charge in [-0.3, -0.25) is 0 Å². The van der Waals surface area contributed by atoms with Crippen LogP contribution in [0, 0.1) is 0 Å². The molecule has 6 nitrogen and oxygen atoms in total. The lowest BCUT2D eigenvalue weighted by Gasteiger charge is -2.49. The van der Waals surface area contributed by atoms with Gasteiger partial charge in [0.25, 0.3) is 0 Å². The van der Waals surface area contributed by atoms with Crippen molar-refractivity contribution in [2.75, 3.05) is 23.8 Å². The monoisotopic (exact) mass is 376 g/mol. The molecule has 0 amide bonds. The highest BCUT2D eigenvalue weighted by molar-refractivity contribution is 5.39. The van der Waals surface area contributed by atoms with Crippen LogP contribution in [0.1, 0.15) is 86.9 Å². The first-order valence-electron chi connectivity index (χ1n) is 10.4. The molecule has 0 bridgehead atoms. The summed E-state index contributed by atoms with van der Waals surface area (Å²) in [6, 6.07) is 0.405. The molecule has 2 N–H and O–H groups in total. The number of hydrogen-bond acceptors (Lipinski definition) is 6. The first-order chi connectivity index (χ1) is 12.4. The highest BCUT2D eigenvalue weighted by Crippen LogP contribution is 2.34. The van der Waals surface area contributed by atoms with Crippen LogP contribution in [0.15, 0.2) is 0 Å². The number of rotatable bonds is 6. The van der Waals surface area contributed by atoms with Gasteiger partial charge in [0.2, 0.25) is 11.9 Å². The maximum Gasteiger partial charge on any atom is 0.230 e. The van der Waals surface area contributed by atoms with Gasteiger partial charge in [-0.15, -0.1) is 0 Å². The summed E-state index contributed by atoms with van der Waals surface area (Å²) in [5.74, 6) is 2.30. The van der Waals surface area contributed by atoms with E-state index < -0.39 is 0 Å². The molecule has 0 atom stereocenters. The van der Waals surface area contributed by atoms with E-state index in [-0.39, 0.29) is 16.5 Å². The van der Waals surface area contributed by atoms with Crippen LogP contribution in [-0.2, 0) is 5.41 Å². The Kier molecular flexibility index (Phi) is 6.40. The molecule has 2 heterocycles. The molecule has 1 aromatic heterocycles. The first-order valence-corrected chi connectivity index (χ1v) is 10.4. The molecule has 2 rings (SSSR count). The van der Waals surface area contributed by atoms with Crippen LogP contribution in [-0.4, -0.2) is 45.7 Å². The third-order valence-electron chi connectivity index (χ3n) is 5.14. The molecule has 0 spiro atoms. The maximum atomic E-state index is 4.92. The fourth-order valence-electron chi connectivity index (χ4n) is 4.20. The van der Waals surface area contributed by atoms with Crippen LogP contribution in [0.5, 0.6) is 0 Å². The van der Waals surface area contributed by atoms with Crippen molar-refractivity contribution in [3.05, 3.63) is 5.82 Å². The quantitative estimate of drug-likeness (QED) is 0.778. The molecule has 0 saturated carbocycles. The van der Waals surface area contributed by atoms with Gasteiger partial charge in [0.1, 0.15) is 5.82 Å². The van der Waals surface area contributed by atoms with Crippen molar-refractivity contribution in [3.8, 4) is 0 Å². The van der Waals surface area contributed by atoms with E-state index in [1.807, 2.05) is 7.05 Å². The van der Waals surface area contributed by atoms with Crippen molar-refractivity contribution in [3.63, 3.8) is 0 Å². The predicted molar refractivity (Wildman–Crippen MR) is 115 cm³/mol. The van der Waals surface area contributed by atoms with Crippen LogP contribution < -0.4 is 15.5 Å². The van der Waals surface area contributed by atoms with Crippen molar-refractivity contribution in [2.24, 2.45) is 0 Å². The van der Waals surface area contributed by atoms with E-state index >= 15 is 0 Å². The highest BCUT2D eigenvalue weighted by atomic mass is 15.3. The minimum atomic E-state index is -0.119. The fourth-order valence-corrected chi connectivity index (χ4v) is 4.20. The smallest absolute Gasteiger partial charge is 0.230 e. The number of nitrogens with one attached hydrogen (secondary N) is 2. The van der Waals surface area contributed by atoms with Gasteiger partial charge >= 0.3 is 0 Å². The number of nitrogens with zero attached hydrogens (tertiary/aromatic N) is 4. The molecule has 27 heavy (non-hydrogen) atoms. The molecule has 1 aromatic rings. The highest BCUT2D eigenvalue weighted by Gasteiger charge is 2.40. The average molecular weight is 377 g/mol. The van der Waals surface area contributed by atoms with Gasteiger partial charge in [-0.05, 0) is 47.0 Å². The second-order valence-electron chi connectivity index (χ2n) is 10.3. The van der Waals surface area contributed by atoms with Crippen LogP contribution >= 0.6 is 0 Å². The van der Waals surface area contributed by atoms with E-state index in [9.17, 15) is 0 Å². The predicted octanol–water partition coefficient (Wildman–Crippen LogP) is 4.13. The third kappa shape index (κ3) is 5.77. The van der Waals surface area contributed by atoms with Gasteiger partial charge in [-0.1, -0.05) is 34.1 Å². The minimum Gasteiger partial charge on any atom is -0.357 e. The Bertz CT molecular complexity index is 616. The zero-order chi connectivity index (χ0) is 20.5. The van der Waals surface area contributed by atoms with Crippen molar-refractivity contribution in [1.29, 1.82) is 0 Å². The molecule has 154 valence electrons. The van der Waals surface area contributed by atoms with Crippen molar-refractivity contribution < 1.29 is 0 Å². The van der Waals surface area contributed by atoms with E-state index in [0.717, 1.165) is 44.0 Å². The molecule has 6 heteroatoms. The lowest BCUT2D eigenvalue weighted by molar-refractivity contribution is 0.157. The molecule has 0 aliphatic carbocycles. The normalized spacial score (nSPS) is 19.7. The molecule has 1 saturated heterocycles. The van der Waals surface area contributed by atoms with Crippen LogP contribution in [0.3, 0.4) is 0 Å². The molecule has 1 aliphatic rings. The number of anilines is 2. The Morgan fingerprint density at radius 1 is 1.07 bits per heavy atom. The second-order valence-corrected chi connectivity index (χ2v) is 10.3. The van der Waals surface area contributed by atoms with E-state index in [1.54, 1.807) is 0 Å². The SMILES string of the molecule is CCCCN(c1nc(NC)nc(C(C)(C)C)n1)C1CC(C)(C)NC(C)(C)C1. The van der Waals surface area contributed by atoms with E-state index in [4.69, 9.17) is 9.97 Å².